The zero-order valence-corrected chi connectivity index (χ0v) is 18.9. The predicted octanol–water partition coefficient (Wildman–Crippen LogP) is 3.17. The van der Waals surface area contributed by atoms with Crippen LogP contribution in [0.15, 0.2) is 30.6 Å². The van der Waals surface area contributed by atoms with Crippen molar-refractivity contribution in [2.45, 2.75) is 39.0 Å². The van der Waals surface area contributed by atoms with E-state index in [2.05, 4.69) is 15.8 Å². The molecule has 0 saturated heterocycles. The Bertz CT molecular complexity index is 1170. The molecule has 0 radical (unpaired) electrons. The number of benzene rings is 2. The highest BCUT2D eigenvalue weighted by Crippen LogP contribution is 2.31. The van der Waals surface area contributed by atoms with Gasteiger partial charge in [-0.15, -0.1) is 0 Å². The number of carbonyl (C=O) groups excluding carboxylic acids is 1. The highest BCUT2D eigenvalue weighted by molar-refractivity contribution is 6.30. The van der Waals surface area contributed by atoms with Gasteiger partial charge < -0.3 is 20.1 Å². The number of anilines is 1. The fraction of sp³-hybridized carbons (Fsp3) is 0.391. The van der Waals surface area contributed by atoms with Gasteiger partial charge in [0, 0.05) is 11.6 Å². The Morgan fingerprint density at radius 1 is 1.39 bits per heavy atom. The summed E-state index contributed by atoms with van der Waals surface area (Å²) in [5.41, 5.74) is 4.63. The predicted molar refractivity (Wildman–Crippen MR) is 122 cm³/mol. The molecule has 0 spiro atoms. The number of amides is 1. The Balaban J connectivity index is 1.67. The van der Waals surface area contributed by atoms with Gasteiger partial charge in [-0.2, -0.15) is 0 Å². The third-order valence-corrected chi connectivity index (χ3v) is 5.90. The average molecular weight is 477 g/mol. The monoisotopic (exact) mass is 476 g/mol. The molecule has 176 valence electrons. The highest BCUT2D eigenvalue weighted by atomic mass is 35.5. The maximum absolute atomic E-state index is 15.6. The number of rotatable bonds is 10. The van der Waals surface area contributed by atoms with Gasteiger partial charge in [-0.3, -0.25) is 9.63 Å². The summed E-state index contributed by atoms with van der Waals surface area (Å²) < 4.78 is 17.1. The summed E-state index contributed by atoms with van der Waals surface area (Å²) in [5.74, 6) is -0.845. The van der Waals surface area contributed by atoms with Gasteiger partial charge in [0.2, 0.25) is 0 Å². The van der Waals surface area contributed by atoms with Gasteiger partial charge in [0.05, 0.1) is 49.0 Å². The smallest absolute Gasteiger partial charge is 0.277 e. The van der Waals surface area contributed by atoms with Gasteiger partial charge in [-0.1, -0.05) is 17.7 Å². The molecule has 1 aliphatic carbocycles. The first kappa shape index (κ1) is 23.4. The molecule has 2 aromatic carbocycles. The van der Waals surface area contributed by atoms with E-state index in [-0.39, 0.29) is 29.9 Å². The van der Waals surface area contributed by atoms with Gasteiger partial charge in [-0.25, -0.2) is 14.9 Å². The first-order chi connectivity index (χ1) is 15.9. The van der Waals surface area contributed by atoms with Gasteiger partial charge in [0.1, 0.15) is 5.52 Å². The summed E-state index contributed by atoms with van der Waals surface area (Å²) in [6, 6.07) is 6.90. The Labute approximate surface area is 195 Å². The first-order valence-electron chi connectivity index (χ1n) is 10.7. The van der Waals surface area contributed by atoms with E-state index >= 15 is 4.39 Å². The van der Waals surface area contributed by atoms with E-state index < -0.39 is 24.4 Å². The van der Waals surface area contributed by atoms with E-state index in [1.165, 1.54) is 17.0 Å². The standard InChI is InChI=1S/C23H26ClFN4O4/c1-13-6-16(24)5-4-15(13)8-26-21-18(23(32)28-33-11-14-2-3-14)7-19-22(20(21)25)27-12-29(19)9-17(31)10-30/h4-7,12,14,17,26,30-31H,2-3,8-11H2,1H3,(H,28,32). The van der Waals surface area contributed by atoms with Crippen LogP contribution in [0.3, 0.4) is 0 Å². The topological polar surface area (TPSA) is 109 Å². The lowest BCUT2D eigenvalue weighted by molar-refractivity contribution is 0.0271. The van der Waals surface area contributed by atoms with Gasteiger partial charge in [-0.05, 0) is 55.0 Å². The van der Waals surface area contributed by atoms with Crippen LogP contribution in [0.5, 0.6) is 0 Å². The number of aliphatic hydroxyl groups excluding tert-OH is 2. The summed E-state index contributed by atoms with van der Waals surface area (Å²) in [5, 5.41) is 22.6. The number of aromatic nitrogens is 2. The van der Waals surface area contributed by atoms with Crippen molar-refractivity contribution in [2.75, 3.05) is 18.5 Å². The minimum absolute atomic E-state index is 0.00240. The van der Waals surface area contributed by atoms with Crippen LogP contribution < -0.4 is 10.8 Å². The molecular formula is C23H26ClFN4O4. The fourth-order valence-corrected chi connectivity index (χ4v) is 3.77. The second-order valence-corrected chi connectivity index (χ2v) is 8.76. The van der Waals surface area contributed by atoms with Crippen molar-refractivity contribution in [1.82, 2.24) is 15.0 Å². The fourth-order valence-electron chi connectivity index (χ4n) is 3.55. The van der Waals surface area contributed by atoms with Crippen molar-refractivity contribution in [1.29, 1.82) is 0 Å². The molecule has 1 unspecified atom stereocenters. The van der Waals surface area contributed by atoms with Crippen LogP contribution in [0.1, 0.15) is 34.3 Å². The SMILES string of the molecule is Cc1cc(Cl)ccc1CNc1c(C(=O)NOCC2CC2)cc2c(ncn2CC(O)CO)c1F. The number of hydrogen-bond acceptors (Lipinski definition) is 6. The average Bonchev–Trinajstić information content (AvgIpc) is 3.53. The van der Waals surface area contributed by atoms with Gasteiger partial charge in [0.15, 0.2) is 5.82 Å². The molecule has 0 aliphatic heterocycles. The number of nitrogens with zero attached hydrogens (tertiary/aromatic N) is 2. The molecule has 1 amide bonds. The maximum atomic E-state index is 15.6. The van der Waals surface area contributed by atoms with Crippen LogP contribution in [0.25, 0.3) is 11.0 Å². The van der Waals surface area contributed by atoms with Crippen LogP contribution in [-0.4, -0.2) is 45.0 Å². The molecule has 4 N–H and O–H groups in total. The quantitative estimate of drug-likeness (QED) is 0.335. The van der Waals surface area contributed by atoms with Crippen molar-refractivity contribution >= 4 is 34.2 Å². The van der Waals surface area contributed by atoms with E-state index in [1.807, 2.05) is 19.1 Å². The summed E-state index contributed by atoms with van der Waals surface area (Å²) in [6.45, 7) is 2.12. The van der Waals surface area contributed by atoms with E-state index in [9.17, 15) is 9.90 Å². The van der Waals surface area contributed by atoms with Crippen LogP contribution in [0.4, 0.5) is 10.1 Å². The lowest BCUT2D eigenvalue weighted by Crippen LogP contribution is -2.26. The Morgan fingerprint density at radius 3 is 2.88 bits per heavy atom. The summed E-state index contributed by atoms with van der Waals surface area (Å²) in [7, 11) is 0. The van der Waals surface area contributed by atoms with Crippen molar-refractivity contribution in [3.05, 3.63) is 58.1 Å². The number of aliphatic hydroxyl groups is 2. The number of halogens is 2. The van der Waals surface area contributed by atoms with E-state index in [1.54, 1.807) is 6.07 Å². The van der Waals surface area contributed by atoms with Crippen LogP contribution in [0, 0.1) is 18.7 Å². The zero-order chi connectivity index (χ0) is 23.5. The Morgan fingerprint density at radius 2 is 2.18 bits per heavy atom. The molecule has 4 rings (SSSR count). The molecule has 1 fully saturated rings. The third-order valence-electron chi connectivity index (χ3n) is 5.66. The first-order valence-corrected chi connectivity index (χ1v) is 11.1. The lowest BCUT2D eigenvalue weighted by Gasteiger charge is -2.16. The molecule has 10 heteroatoms. The number of hydrogen-bond donors (Lipinski definition) is 4. The lowest BCUT2D eigenvalue weighted by atomic mass is 10.1. The Hall–Kier alpha value is -2.72. The summed E-state index contributed by atoms with van der Waals surface area (Å²) >= 11 is 6.02. The number of nitrogens with one attached hydrogen (secondary N) is 2. The van der Waals surface area contributed by atoms with Crippen molar-refractivity contribution in [3.63, 3.8) is 0 Å². The third kappa shape index (κ3) is 5.44. The van der Waals surface area contributed by atoms with E-state index in [0.717, 1.165) is 24.0 Å². The van der Waals surface area contributed by atoms with Crippen molar-refractivity contribution < 1.29 is 24.2 Å². The van der Waals surface area contributed by atoms with E-state index in [4.69, 9.17) is 21.5 Å². The summed E-state index contributed by atoms with van der Waals surface area (Å²) in [4.78, 5) is 22.3. The molecular weight excluding hydrogens is 451 g/mol. The van der Waals surface area contributed by atoms with Crippen LogP contribution in [-0.2, 0) is 17.9 Å². The zero-order valence-electron chi connectivity index (χ0n) is 18.1. The largest absolute Gasteiger partial charge is 0.394 e. The number of aryl methyl sites for hydroxylation is 1. The molecule has 1 atom stereocenters. The second kappa shape index (κ2) is 10.0. The van der Waals surface area contributed by atoms with Gasteiger partial charge >= 0.3 is 0 Å². The van der Waals surface area contributed by atoms with Crippen molar-refractivity contribution in [3.8, 4) is 0 Å². The minimum Gasteiger partial charge on any atom is -0.394 e. The van der Waals surface area contributed by atoms with Crippen molar-refractivity contribution in [2.24, 2.45) is 5.92 Å². The molecule has 33 heavy (non-hydrogen) atoms. The van der Waals surface area contributed by atoms with Crippen LogP contribution in [0.2, 0.25) is 5.02 Å². The maximum Gasteiger partial charge on any atom is 0.277 e. The number of hydroxylamine groups is 1. The second-order valence-electron chi connectivity index (χ2n) is 8.32. The molecule has 3 aromatic rings. The molecule has 1 aliphatic rings. The highest BCUT2D eigenvalue weighted by Gasteiger charge is 2.25. The van der Waals surface area contributed by atoms with Gasteiger partial charge in [0.25, 0.3) is 5.91 Å². The molecule has 8 nitrogen and oxygen atoms in total. The van der Waals surface area contributed by atoms with E-state index in [0.29, 0.717) is 23.1 Å². The summed E-state index contributed by atoms with van der Waals surface area (Å²) in [6.07, 6.45) is 2.45. The molecule has 1 saturated carbocycles. The minimum atomic E-state index is -1.05. The normalized spacial score (nSPS) is 14.5. The Kier molecular flexibility index (Phi) is 7.14. The molecule has 0 bridgehead atoms. The number of fused-ring (bicyclic) bond motifs is 1. The molecule has 1 aromatic heterocycles. The van der Waals surface area contributed by atoms with Crippen LogP contribution >= 0.6 is 11.6 Å². The number of imidazole rings is 1. The number of carbonyl (C=O) groups is 1. The molecule has 1 heterocycles.